The molecule has 0 spiro atoms. The Balaban J connectivity index is 1.98. The topological polar surface area (TPSA) is 91.1 Å². The molecule has 1 aliphatic heterocycles. The second kappa shape index (κ2) is 6.74. The fourth-order valence-corrected chi connectivity index (χ4v) is 2.93. The first-order valence-electron chi connectivity index (χ1n) is 7.25. The summed E-state index contributed by atoms with van der Waals surface area (Å²) in [5.74, 6) is -1.43. The van der Waals surface area contributed by atoms with Crippen LogP contribution in [0.4, 0.5) is 0 Å². The van der Waals surface area contributed by atoms with Crippen molar-refractivity contribution < 1.29 is 23.9 Å². The van der Waals surface area contributed by atoms with Crippen LogP contribution in [0.15, 0.2) is 21.2 Å². The highest BCUT2D eigenvalue weighted by molar-refractivity contribution is 9.10. The SMILES string of the molecule is CN(CC(=O)N1CCCC(C)(C(=O)O)C1)C(=O)c1ccc(Br)o1. The second-order valence-electron chi connectivity index (χ2n) is 6.05. The summed E-state index contributed by atoms with van der Waals surface area (Å²) in [5, 5.41) is 9.30. The molecule has 1 aliphatic rings. The number of likely N-dealkylation sites (tertiary alicyclic amines) is 1. The van der Waals surface area contributed by atoms with Gasteiger partial charge in [0.05, 0.1) is 12.0 Å². The molecule has 0 aromatic carbocycles. The van der Waals surface area contributed by atoms with E-state index in [-0.39, 0.29) is 24.8 Å². The summed E-state index contributed by atoms with van der Waals surface area (Å²) >= 11 is 3.12. The maximum atomic E-state index is 12.4. The summed E-state index contributed by atoms with van der Waals surface area (Å²) in [6.07, 6.45) is 1.18. The molecule has 1 aromatic heterocycles. The van der Waals surface area contributed by atoms with Crippen molar-refractivity contribution in [1.29, 1.82) is 0 Å². The normalized spacial score (nSPS) is 21.1. The highest BCUT2D eigenvalue weighted by Crippen LogP contribution is 2.29. The van der Waals surface area contributed by atoms with Gasteiger partial charge in [0, 0.05) is 20.1 Å². The molecule has 2 heterocycles. The Morgan fingerprint density at radius 3 is 2.70 bits per heavy atom. The molecule has 1 atom stereocenters. The number of carbonyl (C=O) groups is 3. The molecule has 2 amide bonds. The van der Waals surface area contributed by atoms with Crippen LogP contribution in [0.25, 0.3) is 0 Å². The lowest BCUT2D eigenvalue weighted by Gasteiger charge is -2.38. The quantitative estimate of drug-likeness (QED) is 0.851. The number of hydrogen-bond donors (Lipinski definition) is 1. The van der Waals surface area contributed by atoms with Gasteiger partial charge >= 0.3 is 5.97 Å². The zero-order valence-electron chi connectivity index (χ0n) is 13.0. The minimum absolute atomic E-state index is 0.118. The van der Waals surface area contributed by atoms with E-state index in [1.807, 2.05) is 0 Å². The van der Waals surface area contributed by atoms with Gasteiger partial charge in [-0.05, 0) is 47.8 Å². The Bertz CT molecular complexity index is 629. The van der Waals surface area contributed by atoms with Crippen LogP contribution >= 0.6 is 15.9 Å². The molecule has 1 N–H and O–H groups in total. The van der Waals surface area contributed by atoms with Crippen LogP contribution in [0.1, 0.15) is 30.3 Å². The van der Waals surface area contributed by atoms with Crippen molar-refractivity contribution in [3.8, 4) is 0 Å². The number of carboxylic acids is 1. The molecule has 0 radical (unpaired) electrons. The highest BCUT2D eigenvalue weighted by atomic mass is 79.9. The van der Waals surface area contributed by atoms with Crippen molar-refractivity contribution in [1.82, 2.24) is 9.80 Å². The van der Waals surface area contributed by atoms with E-state index in [4.69, 9.17) is 4.42 Å². The molecule has 8 heteroatoms. The van der Waals surface area contributed by atoms with E-state index in [0.29, 0.717) is 24.1 Å². The molecule has 126 valence electrons. The number of furan rings is 1. The summed E-state index contributed by atoms with van der Waals surface area (Å²) in [7, 11) is 1.51. The second-order valence-corrected chi connectivity index (χ2v) is 6.83. The van der Waals surface area contributed by atoms with Crippen molar-refractivity contribution in [3.63, 3.8) is 0 Å². The lowest BCUT2D eigenvalue weighted by atomic mass is 9.82. The van der Waals surface area contributed by atoms with Gasteiger partial charge in [0.1, 0.15) is 0 Å². The van der Waals surface area contributed by atoms with E-state index in [1.165, 1.54) is 22.9 Å². The van der Waals surface area contributed by atoms with Crippen LogP contribution in [-0.4, -0.2) is 59.4 Å². The van der Waals surface area contributed by atoms with Gasteiger partial charge in [0.15, 0.2) is 10.4 Å². The number of rotatable bonds is 4. The van der Waals surface area contributed by atoms with Gasteiger partial charge in [-0.1, -0.05) is 0 Å². The van der Waals surface area contributed by atoms with Gasteiger partial charge in [-0.15, -0.1) is 0 Å². The van der Waals surface area contributed by atoms with Crippen LogP contribution in [0.3, 0.4) is 0 Å². The first-order valence-corrected chi connectivity index (χ1v) is 8.04. The maximum Gasteiger partial charge on any atom is 0.311 e. The van der Waals surface area contributed by atoms with Gasteiger partial charge in [0.25, 0.3) is 5.91 Å². The third-order valence-corrected chi connectivity index (χ3v) is 4.49. The van der Waals surface area contributed by atoms with Gasteiger partial charge in [0.2, 0.25) is 5.91 Å². The summed E-state index contributed by atoms with van der Waals surface area (Å²) < 4.78 is 5.62. The fraction of sp³-hybridized carbons (Fsp3) is 0.533. The molecule has 0 aliphatic carbocycles. The van der Waals surface area contributed by atoms with E-state index in [9.17, 15) is 19.5 Å². The Morgan fingerprint density at radius 1 is 1.43 bits per heavy atom. The van der Waals surface area contributed by atoms with Crippen molar-refractivity contribution in [2.24, 2.45) is 5.41 Å². The fourth-order valence-electron chi connectivity index (χ4n) is 2.62. The number of hydrogen-bond acceptors (Lipinski definition) is 4. The van der Waals surface area contributed by atoms with Crippen LogP contribution in [0.2, 0.25) is 0 Å². The number of amides is 2. The summed E-state index contributed by atoms with van der Waals surface area (Å²) in [6, 6.07) is 3.13. The third-order valence-electron chi connectivity index (χ3n) is 4.07. The maximum absolute atomic E-state index is 12.4. The molecule has 0 saturated carbocycles. The van der Waals surface area contributed by atoms with Crippen LogP contribution in [0, 0.1) is 5.41 Å². The van der Waals surface area contributed by atoms with E-state index in [1.54, 1.807) is 13.0 Å². The Morgan fingerprint density at radius 2 is 2.13 bits per heavy atom. The molecular weight excluding hydrogens is 368 g/mol. The van der Waals surface area contributed by atoms with Crippen LogP contribution in [-0.2, 0) is 9.59 Å². The summed E-state index contributed by atoms with van der Waals surface area (Å²) in [6.45, 7) is 2.20. The Hall–Kier alpha value is -1.83. The minimum atomic E-state index is -0.928. The van der Waals surface area contributed by atoms with Gasteiger partial charge in [-0.3, -0.25) is 14.4 Å². The minimum Gasteiger partial charge on any atom is -0.481 e. The first-order chi connectivity index (χ1) is 10.7. The zero-order valence-corrected chi connectivity index (χ0v) is 14.6. The van der Waals surface area contributed by atoms with Gasteiger partial charge in [-0.2, -0.15) is 0 Å². The monoisotopic (exact) mass is 386 g/mol. The molecule has 1 saturated heterocycles. The van der Waals surface area contributed by atoms with Crippen molar-refractivity contribution >= 4 is 33.7 Å². The number of carboxylic acid groups (broad SMARTS) is 1. The number of likely N-dealkylation sites (N-methyl/N-ethyl adjacent to an activating group) is 1. The molecule has 1 aromatic rings. The predicted octanol–water partition coefficient (Wildman–Crippen LogP) is 1.83. The summed E-state index contributed by atoms with van der Waals surface area (Å²) in [5.41, 5.74) is -0.928. The average molecular weight is 387 g/mol. The number of nitrogens with zero attached hydrogens (tertiary/aromatic N) is 2. The zero-order chi connectivity index (χ0) is 17.2. The molecule has 2 rings (SSSR count). The standard InChI is InChI=1S/C15H19BrN2O5/c1-15(14(21)22)6-3-7-18(9-15)12(19)8-17(2)13(20)10-4-5-11(16)23-10/h4-5H,3,6-9H2,1-2H3,(H,21,22). The summed E-state index contributed by atoms with van der Waals surface area (Å²) in [4.78, 5) is 38.6. The lowest BCUT2D eigenvalue weighted by Crippen LogP contribution is -2.51. The number of halogens is 1. The van der Waals surface area contributed by atoms with Crippen molar-refractivity contribution in [2.45, 2.75) is 19.8 Å². The number of aliphatic carboxylic acids is 1. The molecular formula is C15H19BrN2O5. The van der Waals surface area contributed by atoms with E-state index < -0.39 is 17.3 Å². The number of carbonyl (C=O) groups excluding carboxylic acids is 2. The average Bonchev–Trinajstić information content (AvgIpc) is 2.92. The van der Waals surface area contributed by atoms with E-state index in [2.05, 4.69) is 15.9 Å². The van der Waals surface area contributed by atoms with Crippen LogP contribution < -0.4 is 0 Å². The predicted molar refractivity (Wildman–Crippen MR) is 84.9 cm³/mol. The number of piperidine rings is 1. The Kier molecular flexibility index (Phi) is 5.13. The van der Waals surface area contributed by atoms with Gasteiger partial charge in [-0.25, -0.2) is 0 Å². The highest BCUT2D eigenvalue weighted by Gasteiger charge is 2.39. The van der Waals surface area contributed by atoms with Crippen molar-refractivity contribution in [3.05, 3.63) is 22.6 Å². The molecule has 7 nitrogen and oxygen atoms in total. The van der Waals surface area contributed by atoms with Crippen molar-refractivity contribution in [2.75, 3.05) is 26.7 Å². The largest absolute Gasteiger partial charge is 0.481 e. The van der Waals surface area contributed by atoms with Gasteiger partial charge < -0.3 is 19.3 Å². The molecule has 1 fully saturated rings. The van der Waals surface area contributed by atoms with E-state index in [0.717, 1.165) is 0 Å². The smallest absolute Gasteiger partial charge is 0.311 e. The molecule has 0 bridgehead atoms. The molecule has 23 heavy (non-hydrogen) atoms. The Labute approximate surface area is 142 Å². The van der Waals surface area contributed by atoms with E-state index >= 15 is 0 Å². The lowest BCUT2D eigenvalue weighted by molar-refractivity contribution is -0.153. The molecule has 1 unspecified atom stereocenters. The first kappa shape index (κ1) is 17.5. The third kappa shape index (κ3) is 3.93. The van der Waals surface area contributed by atoms with Crippen LogP contribution in [0.5, 0.6) is 0 Å².